The Kier molecular flexibility index (Phi) is 6.03. The molecule has 0 unspecified atom stereocenters. The normalized spacial score (nSPS) is 11.4. The van der Waals surface area contributed by atoms with Gasteiger partial charge in [0.05, 0.1) is 5.41 Å². The fourth-order valence-corrected chi connectivity index (χ4v) is 2.59. The van der Waals surface area contributed by atoms with Crippen LogP contribution in [0.15, 0.2) is 24.3 Å². The molecule has 0 aromatic heterocycles. The maximum absolute atomic E-state index is 12.6. The third-order valence-electron chi connectivity index (χ3n) is 3.61. The van der Waals surface area contributed by atoms with Crippen LogP contribution in [-0.4, -0.2) is 12.5 Å². The van der Waals surface area contributed by atoms with E-state index in [1.807, 2.05) is 31.2 Å². The molecule has 0 radical (unpaired) electrons. The molecule has 1 aromatic carbocycles. The minimum atomic E-state index is -0.423. The number of rotatable bonds is 7. The Morgan fingerprint density at radius 3 is 2.37 bits per heavy atom. The fraction of sp³-hybridized carbons (Fsp3) is 0.562. The van der Waals surface area contributed by atoms with Crippen LogP contribution in [0.2, 0.25) is 0 Å². The van der Waals surface area contributed by atoms with E-state index in [0.717, 1.165) is 36.9 Å². The predicted octanol–water partition coefficient (Wildman–Crippen LogP) is 3.48. The molecule has 0 fully saturated rings. The first-order chi connectivity index (χ1) is 9.07. The third kappa shape index (κ3) is 4.06. The smallest absolute Gasteiger partial charge is 0.231 e. The summed E-state index contributed by atoms with van der Waals surface area (Å²) < 4.78 is 0. The van der Waals surface area contributed by atoms with E-state index >= 15 is 0 Å². The highest BCUT2D eigenvalue weighted by Crippen LogP contribution is 2.30. The van der Waals surface area contributed by atoms with E-state index in [-0.39, 0.29) is 5.91 Å². The maximum atomic E-state index is 12.6. The largest absolute Gasteiger partial charge is 0.329 e. The van der Waals surface area contributed by atoms with Crippen molar-refractivity contribution in [2.45, 2.75) is 46.5 Å². The molecule has 0 bridgehead atoms. The minimum Gasteiger partial charge on any atom is -0.329 e. The van der Waals surface area contributed by atoms with Gasteiger partial charge in [0, 0.05) is 12.2 Å². The zero-order valence-electron chi connectivity index (χ0n) is 12.3. The molecule has 106 valence electrons. The van der Waals surface area contributed by atoms with E-state index in [2.05, 4.69) is 19.2 Å². The van der Waals surface area contributed by atoms with Crippen LogP contribution in [-0.2, 0) is 4.79 Å². The zero-order valence-corrected chi connectivity index (χ0v) is 12.3. The predicted molar refractivity (Wildman–Crippen MR) is 81.1 cm³/mol. The number of hydrogen-bond acceptors (Lipinski definition) is 2. The number of hydrogen-bond donors (Lipinski definition) is 2. The molecule has 0 atom stereocenters. The summed E-state index contributed by atoms with van der Waals surface area (Å²) in [7, 11) is 0. The summed E-state index contributed by atoms with van der Waals surface area (Å²) in [6.45, 7) is 6.62. The maximum Gasteiger partial charge on any atom is 0.231 e. The highest BCUT2D eigenvalue weighted by Gasteiger charge is 2.35. The number of anilines is 1. The van der Waals surface area contributed by atoms with E-state index in [4.69, 9.17) is 5.73 Å². The molecule has 0 aliphatic carbocycles. The molecule has 0 spiro atoms. The first-order valence-electron chi connectivity index (χ1n) is 7.16. The van der Waals surface area contributed by atoms with Crippen molar-refractivity contribution in [1.29, 1.82) is 0 Å². The van der Waals surface area contributed by atoms with Crippen LogP contribution in [0.1, 0.15) is 45.1 Å². The van der Waals surface area contributed by atoms with Gasteiger partial charge in [0.1, 0.15) is 0 Å². The van der Waals surface area contributed by atoms with Crippen LogP contribution < -0.4 is 11.1 Å². The monoisotopic (exact) mass is 262 g/mol. The molecule has 0 heterocycles. The topological polar surface area (TPSA) is 55.1 Å². The molecule has 0 saturated carbocycles. The average Bonchev–Trinajstić information content (AvgIpc) is 2.38. The standard InChI is InChI=1S/C16H26N2O/c1-4-9-16(12-17,10-5-2)15(19)18-14-8-6-7-13(3)11-14/h6-8,11H,4-5,9-10,12,17H2,1-3H3,(H,18,19). The molecule has 0 aliphatic heterocycles. The summed E-state index contributed by atoms with van der Waals surface area (Å²) in [4.78, 5) is 12.6. The van der Waals surface area contributed by atoms with E-state index in [1.54, 1.807) is 0 Å². The summed E-state index contributed by atoms with van der Waals surface area (Å²) in [6.07, 6.45) is 3.63. The first-order valence-corrected chi connectivity index (χ1v) is 7.16. The second kappa shape index (κ2) is 7.29. The van der Waals surface area contributed by atoms with E-state index < -0.39 is 5.41 Å². The van der Waals surface area contributed by atoms with Crippen LogP contribution in [0.3, 0.4) is 0 Å². The van der Waals surface area contributed by atoms with Gasteiger partial charge in [0.25, 0.3) is 0 Å². The second-order valence-electron chi connectivity index (χ2n) is 5.31. The van der Waals surface area contributed by atoms with Crippen molar-refractivity contribution in [3.63, 3.8) is 0 Å². The molecule has 1 amide bonds. The van der Waals surface area contributed by atoms with Crippen molar-refractivity contribution in [2.75, 3.05) is 11.9 Å². The lowest BCUT2D eigenvalue weighted by molar-refractivity contribution is -0.126. The Morgan fingerprint density at radius 1 is 1.26 bits per heavy atom. The highest BCUT2D eigenvalue weighted by molar-refractivity contribution is 5.95. The number of amides is 1. The van der Waals surface area contributed by atoms with Gasteiger partial charge in [-0.15, -0.1) is 0 Å². The number of nitrogens with two attached hydrogens (primary N) is 1. The SMILES string of the molecule is CCCC(CN)(CCC)C(=O)Nc1cccc(C)c1. The molecule has 0 aliphatic rings. The summed E-state index contributed by atoms with van der Waals surface area (Å²) in [5, 5.41) is 3.03. The van der Waals surface area contributed by atoms with Gasteiger partial charge in [-0.2, -0.15) is 0 Å². The zero-order chi connectivity index (χ0) is 14.3. The van der Waals surface area contributed by atoms with E-state index in [1.165, 1.54) is 0 Å². The number of carbonyl (C=O) groups is 1. The van der Waals surface area contributed by atoms with Crippen molar-refractivity contribution in [3.8, 4) is 0 Å². The molecule has 3 heteroatoms. The van der Waals surface area contributed by atoms with Crippen LogP contribution in [0.4, 0.5) is 5.69 Å². The van der Waals surface area contributed by atoms with Gasteiger partial charge >= 0.3 is 0 Å². The van der Waals surface area contributed by atoms with Gasteiger partial charge in [-0.3, -0.25) is 4.79 Å². The van der Waals surface area contributed by atoms with Gasteiger partial charge in [0.2, 0.25) is 5.91 Å². The number of aryl methyl sites for hydroxylation is 1. The highest BCUT2D eigenvalue weighted by atomic mass is 16.2. The molecule has 1 aromatic rings. The first kappa shape index (κ1) is 15.7. The van der Waals surface area contributed by atoms with Crippen molar-refractivity contribution in [3.05, 3.63) is 29.8 Å². The minimum absolute atomic E-state index is 0.0595. The number of carbonyl (C=O) groups excluding carboxylic acids is 1. The van der Waals surface area contributed by atoms with Crippen molar-refractivity contribution in [2.24, 2.45) is 11.1 Å². The van der Waals surface area contributed by atoms with Gasteiger partial charge in [-0.25, -0.2) is 0 Å². The van der Waals surface area contributed by atoms with Crippen LogP contribution in [0.25, 0.3) is 0 Å². The van der Waals surface area contributed by atoms with Crippen molar-refractivity contribution < 1.29 is 4.79 Å². The molecular weight excluding hydrogens is 236 g/mol. The fourth-order valence-electron chi connectivity index (χ4n) is 2.59. The lowest BCUT2D eigenvalue weighted by atomic mass is 9.78. The number of nitrogens with one attached hydrogen (secondary N) is 1. The van der Waals surface area contributed by atoms with Gasteiger partial charge in [0.15, 0.2) is 0 Å². The molecule has 0 saturated heterocycles. The second-order valence-corrected chi connectivity index (χ2v) is 5.31. The van der Waals surface area contributed by atoms with Gasteiger partial charge in [-0.05, 0) is 37.5 Å². The molecule has 19 heavy (non-hydrogen) atoms. The molecule has 1 rings (SSSR count). The summed E-state index contributed by atoms with van der Waals surface area (Å²) in [6, 6.07) is 7.87. The Labute approximate surface area is 116 Å². The van der Waals surface area contributed by atoms with E-state index in [0.29, 0.717) is 6.54 Å². The third-order valence-corrected chi connectivity index (χ3v) is 3.61. The average molecular weight is 262 g/mol. The Hall–Kier alpha value is -1.35. The van der Waals surface area contributed by atoms with Crippen molar-refractivity contribution in [1.82, 2.24) is 0 Å². The lowest BCUT2D eigenvalue weighted by Gasteiger charge is -2.30. The Morgan fingerprint density at radius 2 is 1.89 bits per heavy atom. The molecular formula is C16H26N2O. The Balaban J connectivity index is 2.87. The van der Waals surface area contributed by atoms with Crippen LogP contribution in [0.5, 0.6) is 0 Å². The van der Waals surface area contributed by atoms with Gasteiger partial charge in [-0.1, -0.05) is 38.8 Å². The molecule has 3 N–H and O–H groups in total. The summed E-state index contributed by atoms with van der Waals surface area (Å²) >= 11 is 0. The number of benzene rings is 1. The summed E-state index contributed by atoms with van der Waals surface area (Å²) in [5.41, 5.74) is 7.48. The van der Waals surface area contributed by atoms with Crippen LogP contribution in [0, 0.1) is 12.3 Å². The lowest BCUT2D eigenvalue weighted by Crippen LogP contribution is -2.42. The molecule has 3 nitrogen and oxygen atoms in total. The van der Waals surface area contributed by atoms with Crippen LogP contribution >= 0.6 is 0 Å². The van der Waals surface area contributed by atoms with Gasteiger partial charge < -0.3 is 11.1 Å². The Bertz CT molecular complexity index is 409. The summed E-state index contributed by atoms with van der Waals surface area (Å²) in [5.74, 6) is 0.0595. The van der Waals surface area contributed by atoms with Crippen molar-refractivity contribution >= 4 is 11.6 Å². The van der Waals surface area contributed by atoms with E-state index in [9.17, 15) is 4.79 Å². The quantitative estimate of drug-likeness (QED) is 0.790.